The van der Waals surface area contributed by atoms with Crippen molar-refractivity contribution in [3.8, 4) is 0 Å². The second-order valence-electron chi connectivity index (χ2n) is 4.88. The second-order valence-corrected chi connectivity index (χ2v) is 4.88. The van der Waals surface area contributed by atoms with Crippen LogP contribution in [0.25, 0.3) is 0 Å². The van der Waals surface area contributed by atoms with Gasteiger partial charge in [0.25, 0.3) is 0 Å². The van der Waals surface area contributed by atoms with Crippen molar-refractivity contribution >= 4 is 6.29 Å². The Balaban J connectivity index is 3.04. The first-order valence-corrected chi connectivity index (χ1v) is 5.14. The third-order valence-corrected chi connectivity index (χ3v) is 2.63. The van der Waals surface area contributed by atoms with Gasteiger partial charge in [0.15, 0.2) is 0 Å². The van der Waals surface area contributed by atoms with Crippen molar-refractivity contribution in [3.05, 3.63) is 35.6 Å². The topological polar surface area (TPSA) is 17.1 Å². The maximum Gasteiger partial charge on any atom is 0.123 e. The van der Waals surface area contributed by atoms with Gasteiger partial charge in [-0.1, -0.05) is 32.9 Å². The van der Waals surface area contributed by atoms with Crippen LogP contribution in [0.4, 0.5) is 4.39 Å². The maximum atomic E-state index is 13.1. The fourth-order valence-electron chi connectivity index (χ4n) is 1.81. The minimum Gasteiger partial charge on any atom is -0.303 e. The molecule has 1 unspecified atom stereocenters. The Morgan fingerprint density at radius 2 is 2.07 bits per heavy atom. The Morgan fingerprint density at radius 3 is 2.53 bits per heavy atom. The highest BCUT2D eigenvalue weighted by Gasteiger charge is 2.25. The minimum atomic E-state index is -0.243. The highest BCUT2D eigenvalue weighted by atomic mass is 19.1. The molecule has 1 aromatic carbocycles. The van der Waals surface area contributed by atoms with Gasteiger partial charge >= 0.3 is 0 Å². The lowest BCUT2D eigenvalue weighted by molar-refractivity contribution is -0.108. The summed E-state index contributed by atoms with van der Waals surface area (Å²) in [6.07, 6.45) is 1.34. The molecule has 15 heavy (non-hydrogen) atoms. The fraction of sp³-hybridized carbons (Fsp3) is 0.462. The van der Waals surface area contributed by atoms with Crippen LogP contribution in [0, 0.1) is 11.2 Å². The highest BCUT2D eigenvalue weighted by molar-refractivity contribution is 5.52. The number of aldehydes is 1. The first-order chi connectivity index (χ1) is 6.95. The van der Waals surface area contributed by atoms with E-state index >= 15 is 0 Å². The van der Waals surface area contributed by atoms with Gasteiger partial charge in [-0.05, 0) is 29.0 Å². The summed E-state index contributed by atoms with van der Waals surface area (Å²) in [7, 11) is 0. The van der Waals surface area contributed by atoms with Gasteiger partial charge < -0.3 is 4.79 Å². The molecule has 0 amide bonds. The van der Waals surface area contributed by atoms with E-state index in [1.807, 2.05) is 6.07 Å². The third kappa shape index (κ3) is 3.15. The fourth-order valence-corrected chi connectivity index (χ4v) is 1.81. The number of halogens is 1. The molecule has 1 aromatic rings. The van der Waals surface area contributed by atoms with Crippen LogP contribution < -0.4 is 0 Å². The zero-order valence-electron chi connectivity index (χ0n) is 9.46. The van der Waals surface area contributed by atoms with Crippen LogP contribution in [0.3, 0.4) is 0 Å². The predicted molar refractivity (Wildman–Crippen MR) is 59.3 cm³/mol. The van der Waals surface area contributed by atoms with E-state index in [1.54, 1.807) is 6.07 Å². The highest BCUT2D eigenvalue weighted by Crippen LogP contribution is 2.37. The van der Waals surface area contributed by atoms with Gasteiger partial charge in [-0.15, -0.1) is 0 Å². The summed E-state index contributed by atoms with van der Waals surface area (Å²) in [5, 5.41) is 0. The van der Waals surface area contributed by atoms with Crippen LogP contribution in [0.2, 0.25) is 0 Å². The van der Waals surface area contributed by atoms with Crippen LogP contribution in [-0.4, -0.2) is 6.29 Å². The van der Waals surface area contributed by atoms with E-state index < -0.39 is 0 Å². The first kappa shape index (κ1) is 11.9. The SMILES string of the molecule is CC(C)(C)C(CC=O)c1cccc(F)c1. The zero-order chi connectivity index (χ0) is 11.5. The van der Waals surface area contributed by atoms with Crippen molar-refractivity contribution in [2.24, 2.45) is 5.41 Å². The van der Waals surface area contributed by atoms with E-state index in [1.165, 1.54) is 12.1 Å². The second kappa shape index (κ2) is 4.56. The van der Waals surface area contributed by atoms with Crippen molar-refractivity contribution in [1.29, 1.82) is 0 Å². The van der Waals surface area contributed by atoms with E-state index in [4.69, 9.17) is 0 Å². The van der Waals surface area contributed by atoms with Crippen molar-refractivity contribution < 1.29 is 9.18 Å². The molecule has 0 N–H and O–H groups in total. The van der Waals surface area contributed by atoms with Gasteiger partial charge in [0, 0.05) is 6.42 Å². The lowest BCUT2D eigenvalue weighted by Gasteiger charge is -2.29. The van der Waals surface area contributed by atoms with Crippen LogP contribution in [-0.2, 0) is 4.79 Å². The van der Waals surface area contributed by atoms with Gasteiger partial charge in [0.1, 0.15) is 12.1 Å². The van der Waals surface area contributed by atoms with Crippen LogP contribution in [0.5, 0.6) is 0 Å². The van der Waals surface area contributed by atoms with E-state index in [9.17, 15) is 9.18 Å². The lowest BCUT2D eigenvalue weighted by Crippen LogP contribution is -2.19. The lowest BCUT2D eigenvalue weighted by atomic mass is 9.75. The summed E-state index contributed by atoms with van der Waals surface area (Å²) >= 11 is 0. The minimum absolute atomic E-state index is 0.0330. The summed E-state index contributed by atoms with van der Waals surface area (Å²) in [6.45, 7) is 6.18. The molecule has 1 atom stereocenters. The molecule has 0 aliphatic carbocycles. The molecule has 0 bridgehead atoms. The molecule has 0 spiro atoms. The number of benzene rings is 1. The van der Waals surface area contributed by atoms with Crippen molar-refractivity contribution in [3.63, 3.8) is 0 Å². The molecule has 0 saturated carbocycles. The quantitative estimate of drug-likeness (QED) is 0.694. The van der Waals surface area contributed by atoms with Gasteiger partial charge in [-0.2, -0.15) is 0 Å². The number of hydrogen-bond acceptors (Lipinski definition) is 1. The maximum absolute atomic E-state index is 13.1. The average Bonchev–Trinajstić information content (AvgIpc) is 2.12. The Hall–Kier alpha value is -1.18. The van der Waals surface area contributed by atoms with Crippen molar-refractivity contribution in [1.82, 2.24) is 0 Å². The summed E-state index contributed by atoms with van der Waals surface area (Å²) in [6, 6.07) is 6.50. The number of carbonyl (C=O) groups is 1. The largest absolute Gasteiger partial charge is 0.303 e. The average molecular weight is 208 g/mol. The van der Waals surface area contributed by atoms with E-state index in [-0.39, 0.29) is 17.2 Å². The molecule has 82 valence electrons. The van der Waals surface area contributed by atoms with Crippen molar-refractivity contribution in [2.45, 2.75) is 33.1 Å². The smallest absolute Gasteiger partial charge is 0.123 e. The number of rotatable bonds is 3. The Labute approximate surface area is 90.3 Å². The summed E-state index contributed by atoms with van der Waals surface area (Å²) < 4.78 is 13.1. The molecule has 0 aliphatic rings. The summed E-state index contributed by atoms with van der Waals surface area (Å²) in [4.78, 5) is 10.6. The van der Waals surface area contributed by atoms with Gasteiger partial charge in [-0.3, -0.25) is 0 Å². The number of hydrogen-bond donors (Lipinski definition) is 0. The molecule has 0 heterocycles. The normalized spacial score (nSPS) is 13.6. The van der Waals surface area contributed by atoms with Crippen LogP contribution >= 0.6 is 0 Å². The van der Waals surface area contributed by atoms with E-state index in [0.29, 0.717) is 6.42 Å². The molecule has 0 saturated heterocycles. The summed E-state index contributed by atoms with van der Waals surface area (Å²) in [5.41, 5.74) is 0.865. The Morgan fingerprint density at radius 1 is 1.40 bits per heavy atom. The first-order valence-electron chi connectivity index (χ1n) is 5.14. The molecule has 0 fully saturated rings. The molecule has 0 radical (unpaired) electrons. The number of carbonyl (C=O) groups excluding carboxylic acids is 1. The Bertz CT molecular complexity index is 339. The van der Waals surface area contributed by atoms with E-state index in [0.717, 1.165) is 11.8 Å². The molecule has 1 rings (SSSR count). The van der Waals surface area contributed by atoms with Gasteiger partial charge in [-0.25, -0.2) is 4.39 Å². The van der Waals surface area contributed by atoms with E-state index in [2.05, 4.69) is 20.8 Å². The standard InChI is InChI=1S/C13H17FO/c1-13(2,3)12(7-8-15)10-5-4-6-11(14)9-10/h4-6,8-9,12H,7H2,1-3H3. The monoisotopic (exact) mass is 208 g/mol. The predicted octanol–water partition coefficient (Wildman–Crippen LogP) is 3.54. The molecule has 0 aliphatic heterocycles. The molecule has 0 aromatic heterocycles. The zero-order valence-corrected chi connectivity index (χ0v) is 9.46. The van der Waals surface area contributed by atoms with Crippen LogP contribution in [0.15, 0.2) is 24.3 Å². The molecule has 2 heteroatoms. The molecular weight excluding hydrogens is 191 g/mol. The van der Waals surface area contributed by atoms with Crippen LogP contribution in [0.1, 0.15) is 38.7 Å². The molecular formula is C13H17FO. The van der Waals surface area contributed by atoms with Gasteiger partial charge in [0.2, 0.25) is 0 Å². The summed E-state index contributed by atoms with van der Waals surface area (Å²) in [5.74, 6) is -0.168. The third-order valence-electron chi connectivity index (χ3n) is 2.63. The van der Waals surface area contributed by atoms with Crippen molar-refractivity contribution in [2.75, 3.05) is 0 Å². The Kier molecular flexibility index (Phi) is 3.61. The molecule has 1 nitrogen and oxygen atoms in total. The van der Waals surface area contributed by atoms with Gasteiger partial charge in [0.05, 0.1) is 0 Å².